The third-order valence-electron chi connectivity index (χ3n) is 3.48. The summed E-state index contributed by atoms with van der Waals surface area (Å²) in [5.41, 5.74) is 1.07. The maximum absolute atomic E-state index is 9.27. The van der Waals surface area contributed by atoms with Gasteiger partial charge < -0.3 is 5.11 Å². The zero-order valence-corrected chi connectivity index (χ0v) is 9.92. The summed E-state index contributed by atoms with van der Waals surface area (Å²) in [5.74, 6) is -0.0941. The largest absolute Gasteiger partial charge is 0.395 e. The van der Waals surface area contributed by atoms with Crippen molar-refractivity contribution in [3.63, 3.8) is 0 Å². The van der Waals surface area contributed by atoms with Crippen LogP contribution in [0.3, 0.4) is 0 Å². The van der Waals surface area contributed by atoms with E-state index in [0.29, 0.717) is 0 Å². The molecule has 1 heterocycles. The van der Waals surface area contributed by atoms with Crippen molar-refractivity contribution < 1.29 is 5.11 Å². The number of hydrogen-bond donors (Lipinski definition) is 1. The van der Waals surface area contributed by atoms with E-state index in [-0.39, 0.29) is 18.6 Å². The number of aliphatic hydroxyl groups excluding tert-OH is 1. The third kappa shape index (κ3) is 2.85. The molecular weight excluding hydrogens is 212 g/mol. The van der Waals surface area contributed by atoms with Crippen molar-refractivity contribution in [2.45, 2.75) is 24.8 Å². The van der Waals surface area contributed by atoms with Gasteiger partial charge in [0.1, 0.15) is 0 Å². The van der Waals surface area contributed by atoms with Gasteiger partial charge in [0.25, 0.3) is 0 Å². The molecule has 1 aromatic carbocycles. The number of rotatable bonds is 4. The van der Waals surface area contributed by atoms with Gasteiger partial charge in [-0.15, -0.1) is 0 Å². The topological polar surface area (TPSA) is 47.3 Å². The lowest BCUT2D eigenvalue weighted by Crippen LogP contribution is -2.35. The molecule has 1 aromatic rings. The second kappa shape index (κ2) is 5.81. The highest BCUT2D eigenvalue weighted by Crippen LogP contribution is 2.22. The SMILES string of the molecule is N#CC(CN1CCCC1CO)c1ccccc1. The van der Waals surface area contributed by atoms with E-state index in [0.717, 1.165) is 31.5 Å². The summed E-state index contributed by atoms with van der Waals surface area (Å²) >= 11 is 0. The van der Waals surface area contributed by atoms with Crippen LogP contribution in [0.15, 0.2) is 30.3 Å². The first-order valence-corrected chi connectivity index (χ1v) is 6.14. The fourth-order valence-corrected chi connectivity index (χ4v) is 2.48. The van der Waals surface area contributed by atoms with Crippen molar-refractivity contribution in [3.8, 4) is 6.07 Å². The first-order valence-electron chi connectivity index (χ1n) is 6.14. The van der Waals surface area contributed by atoms with Crippen molar-refractivity contribution in [1.82, 2.24) is 4.90 Å². The Kier molecular flexibility index (Phi) is 4.13. The van der Waals surface area contributed by atoms with E-state index < -0.39 is 0 Å². The summed E-state index contributed by atoms with van der Waals surface area (Å²) in [6, 6.07) is 12.5. The Morgan fingerprint density at radius 3 is 2.82 bits per heavy atom. The minimum Gasteiger partial charge on any atom is -0.395 e. The molecule has 2 atom stereocenters. The first kappa shape index (κ1) is 12.1. The minimum atomic E-state index is -0.0941. The van der Waals surface area contributed by atoms with Crippen molar-refractivity contribution in [3.05, 3.63) is 35.9 Å². The van der Waals surface area contributed by atoms with Crippen molar-refractivity contribution in [2.75, 3.05) is 19.7 Å². The van der Waals surface area contributed by atoms with Crippen molar-refractivity contribution in [1.29, 1.82) is 5.26 Å². The average Bonchev–Trinajstić information content (AvgIpc) is 2.84. The van der Waals surface area contributed by atoms with Gasteiger partial charge in [0.15, 0.2) is 0 Å². The van der Waals surface area contributed by atoms with Gasteiger partial charge in [0.05, 0.1) is 18.6 Å². The van der Waals surface area contributed by atoms with Gasteiger partial charge in [0.2, 0.25) is 0 Å². The van der Waals surface area contributed by atoms with Crippen LogP contribution in [0.5, 0.6) is 0 Å². The molecule has 0 saturated carbocycles. The molecule has 0 aliphatic carbocycles. The zero-order chi connectivity index (χ0) is 12.1. The van der Waals surface area contributed by atoms with Crippen LogP contribution in [0.2, 0.25) is 0 Å². The van der Waals surface area contributed by atoms with Crippen LogP contribution in [-0.4, -0.2) is 35.7 Å². The van der Waals surface area contributed by atoms with Gasteiger partial charge in [-0.05, 0) is 24.9 Å². The van der Waals surface area contributed by atoms with E-state index >= 15 is 0 Å². The van der Waals surface area contributed by atoms with Crippen molar-refractivity contribution in [2.24, 2.45) is 0 Å². The summed E-state index contributed by atoms with van der Waals surface area (Å²) in [7, 11) is 0. The molecule has 90 valence electrons. The number of nitriles is 1. The lowest BCUT2D eigenvalue weighted by atomic mass is 10.00. The standard InChI is InChI=1S/C14H18N2O/c15-9-13(12-5-2-1-3-6-12)10-16-8-4-7-14(16)11-17/h1-3,5-6,13-14,17H,4,7-8,10-11H2. The Morgan fingerprint density at radius 1 is 1.41 bits per heavy atom. The molecule has 0 amide bonds. The van der Waals surface area contributed by atoms with Crippen LogP contribution in [0.1, 0.15) is 24.3 Å². The zero-order valence-electron chi connectivity index (χ0n) is 9.92. The van der Waals surface area contributed by atoms with Crippen LogP contribution < -0.4 is 0 Å². The van der Waals surface area contributed by atoms with Crippen LogP contribution in [0, 0.1) is 11.3 Å². The maximum Gasteiger partial charge on any atom is 0.0839 e. The molecular formula is C14H18N2O. The van der Waals surface area contributed by atoms with Gasteiger partial charge in [-0.3, -0.25) is 4.90 Å². The number of hydrogen-bond acceptors (Lipinski definition) is 3. The first-order chi connectivity index (χ1) is 8.35. The molecule has 1 fully saturated rings. The van der Waals surface area contributed by atoms with E-state index in [1.165, 1.54) is 0 Å². The highest BCUT2D eigenvalue weighted by molar-refractivity contribution is 5.25. The number of benzene rings is 1. The highest BCUT2D eigenvalue weighted by Gasteiger charge is 2.26. The number of nitrogens with zero attached hydrogens (tertiary/aromatic N) is 2. The van der Waals surface area contributed by atoms with Crippen LogP contribution >= 0.6 is 0 Å². The lowest BCUT2D eigenvalue weighted by molar-refractivity contribution is 0.157. The van der Waals surface area contributed by atoms with E-state index in [1.54, 1.807) is 0 Å². The Hall–Kier alpha value is -1.37. The summed E-state index contributed by atoms with van der Waals surface area (Å²) in [6.07, 6.45) is 2.17. The Balaban J connectivity index is 2.04. The molecule has 1 aliphatic rings. The van der Waals surface area contributed by atoms with Crippen LogP contribution in [0.25, 0.3) is 0 Å². The molecule has 2 rings (SSSR count). The van der Waals surface area contributed by atoms with E-state index in [2.05, 4.69) is 11.0 Å². The average molecular weight is 230 g/mol. The fourth-order valence-electron chi connectivity index (χ4n) is 2.48. The van der Waals surface area contributed by atoms with Gasteiger partial charge in [0, 0.05) is 12.6 Å². The molecule has 0 aromatic heterocycles. The molecule has 0 bridgehead atoms. The maximum atomic E-state index is 9.27. The fraction of sp³-hybridized carbons (Fsp3) is 0.500. The van der Waals surface area contributed by atoms with Gasteiger partial charge in [-0.2, -0.15) is 5.26 Å². The van der Waals surface area contributed by atoms with Crippen LogP contribution in [0.4, 0.5) is 0 Å². The second-order valence-electron chi connectivity index (χ2n) is 4.57. The quantitative estimate of drug-likeness (QED) is 0.857. The Labute approximate surface area is 102 Å². The lowest BCUT2D eigenvalue weighted by Gasteiger charge is -2.25. The Bertz CT molecular complexity index is 385. The van der Waals surface area contributed by atoms with E-state index in [4.69, 9.17) is 0 Å². The molecule has 0 spiro atoms. The number of aliphatic hydroxyl groups is 1. The summed E-state index contributed by atoms with van der Waals surface area (Å²) < 4.78 is 0. The predicted molar refractivity (Wildman–Crippen MR) is 66.5 cm³/mol. The number of likely N-dealkylation sites (tertiary alicyclic amines) is 1. The molecule has 1 saturated heterocycles. The molecule has 1 N–H and O–H groups in total. The predicted octanol–water partition coefficient (Wildman–Crippen LogP) is 1.75. The highest BCUT2D eigenvalue weighted by atomic mass is 16.3. The summed E-state index contributed by atoms with van der Waals surface area (Å²) in [4.78, 5) is 2.24. The van der Waals surface area contributed by atoms with E-state index in [1.807, 2.05) is 30.3 Å². The smallest absolute Gasteiger partial charge is 0.0839 e. The molecule has 3 nitrogen and oxygen atoms in total. The minimum absolute atomic E-state index is 0.0941. The van der Waals surface area contributed by atoms with Gasteiger partial charge >= 0.3 is 0 Å². The summed E-state index contributed by atoms with van der Waals surface area (Å²) in [6.45, 7) is 1.93. The van der Waals surface area contributed by atoms with Gasteiger partial charge in [-0.25, -0.2) is 0 Å². The Morgan fingerprint density at radius 2 is 2.18 bits per heavy atom. The molecule has 2 unspecified atom stereocenters. The molecule has 17 heavy (non-hydrogen) atoms. The monoisotopic (exact) mass is 230 g/mol. The molecule has 1 aliphatic heterocycles. The van der Waals surface area contributed by atoms with Gasteiger partial charge in [-0.1, -0.05) is 30.3 Å². The van der Waals surface area contributed by atoms with Crippen molar-refractivity contribution >= 4 is 0 Å². The normalized spacial score (nSPS) is 22.2. The molecule has 3 heteroatoms. The second-order valence-corrected chi connectivity index (χ2v) is 4.57. The van der Waals surface area contributed by atoms with E-state index in [9.17, 15) is 10.4 Å². The van der Waals surface area contributed by atoms with Crippen LogP contribution in [-0.2, 0) is 0 Å². The molecule has 0 radical (unpaired) electrons. The third-order valence-corrected chi connectivity index (χ3v) is 3.48. The summed E-state index contributed by atoms with van der Waals surface area (Å²) in [5, 5.41) is 18.5.